The summed E-state index contributed by atoms with van der Waals surface area (Å²) in [5.74, 6) is 0. The number of benzene rings is 10. The van der Waals surface area contributed by atoms with Crippen molar-refractivity contribution in [2.24, 2.45) is 0 Å². The normalized spacial score (nSPS) is 12.1. The van der Waals surface area contributed by atoms with Gasteiger partial charge in [0.2, 0.25) is 0 Å². The summed E-state index contributed by atoms with van der Waals surface area (Å²) in [6, 6.07) is 69.2. The minimum absolute atomic E-state index is 0.487. The Balaban J connectivity index is 1.07. The third-order valence-corrected chi connectivity index (χ3v) is 11.1. The van der Waals surface area contributed by atoms with Crippen LogP contribution in [0, 0.1) is 0 Å². The largest absolute Gasteiger partial charge is 0.455 e. The molecule has 0 spiro atoms. The van der Waals surface area contributed by atoms with Gasteiger partial charge in [-0.15, -0.1) is 0 Å². The Labute approximate surface area is 322 Å². The molecule has 10 aromatic carbocycles. The molecule has 0 fully saturated rings. The van der Waals surface area contributed by atoms with Crippen molar-refractivity contribution in [1.82, 2.24) is 0 Å². The summed E-state index contributed by atoms with van der Waals surface area (Å²) in [6.45, 7) is 0. The van der Waals surface area contributed by atoms with E-state index in [-0.39, 0.29) is 0 Å². The van der Waals surface area contributed by atoms with E-state index in [0.29, 0.717) is 12.1 Å². The van der Waals surface area contributed by atoms with Gasteiger partial charge in [-0.05, 0) is 107 Å². The maximum absolute atomic E-state index is 8.03. The lowest BCUT2D eigenvalue weighted by Gasteiger charge is -2.18. The minimum atomic E-state index is 0.487. The molecule has 11 aromatic rings. The SMILES string of the molecule is [2H]c1ccc(-c2ccc(-c3cccc(-c4c5ccccc5c(-c5ccc(-c6ccc7cc([2H])ccc7c6)cc5)c5ccccc45)c3)c3c2oc2ccccc23)cc1. The van der Waals surface area contributed by atoms with Crippen molar-refractivity contribution < 1.29 is 7.16 Å². The molecule has 0 saturated heterocycles. The molecule has 0 aliphatic heterocycles. The average Bonchev–Trinajstić information content (AvgIpc) is 3.65. The van der Waals surface area contributed by atoms with Gasteiger partial charge in [0.25, 0.3) is 0 Å². The van der Waals surface area contributed by atoms with E-state index in [0.717, 1.165) is 71.7 Å². The highest BCUT2D eigenvalue weighted by molar-refractivity contribution is 6.22. The third kappa shape index (κ3) is 5.16. The minimum Gasteiger partial charge on any atom is -0.455 e. The van der Waals surface area contributed by atoms with E-state index in [1.54, 1.807) is 0 Å². The third-order valence-electron chi connectivity index (χ3n) is 11.1. The number of rotatable bonds is 5. The second-order valence-electron chi connectivity index (χ2n) is 14.2. The summed E-state index contributed by atoms with van der Waals surface area (Å²) in [6.07, 6.45) is 0. The first-order valence-corrected chi connectivity index (χ1v) is 18.7. The average molecular weight is 701 g/mol. The van der Waals surface area contributed by atoms with Crippen LogP contribution in [0.5, 0.6) is 0 Å². The summed E-state index contributed by atoms with van der Waals surface area (Å²) in [7, 11) is 0. The Morgan fingerprint density at radius 3 is 1.65 bits per heavy atom. The molecule has 0 bridgehead atoms. The van der Waals surface area contributed by atoms with Gasteiger partial charge in [0.1, 0.15) is 11.2 Å². The van der Waals surface area contributed by atoms with E-state index in [1.807, 2.05) is 54.6 Å². The predicted molar refractivity (Wildman–Crippen MR) is 233 cm³/mol. The van der Waals surface area contributed by atoms with Crippen molar-refractivity contribution in [2.45, 2.75) is 0 Å². The van der Waals surface area contributed by atoms with Crippen molar-refractivity contribution >= 4 is 54.3 Å². The van der Waals surface area contributed by atoms with Crippen LogP contribution in [0.1, 0.15) is 2.74 Å². The first-order chi connectivity index (χ1) is 28.1. The molecule has 11 rings (SSSR count). The molecule has 0 atom stereocenters. The van der Waals surface area contributed by atoms with E-state index >= 15 is 0 Å². The monoisotopic (exact) mass is 700 g/mol. The molecule has 0 radical (unpaired) electrons. The molecule has 0 amide bonds. The molecular formula is C54H34O. The lowest BCUT2D eigenvalue weighted by Crippen LogP contribution is -1.91. The number of hydrogen-bond donors (Lipinski definition) is 0. The molecule has 256 valence electrons. The highest BCUT2D eigenvalue weighted by Crippen LogP contribution is 2.46. The second-order valence-corrected chi connectivity index (χ2v) is 14.2. The standard InChI is InChI=1S/C54H34O/c1-2-14-37(15-3-1)44-32-31-43(53-49-23-10-11-24-50(49)55-54(44)53)41-17-12-18-42(34-41)52-47-21-8-6-19-45(47)51(46-20-7-9-22-48(46)52)38-28-25-36(26-29-38)40-30-27-35-13-4-5-16-39(35)33-40/h1-34H/i1D,4D. The highest BCUT2D eigenvalue weighted by atomic mass is 16.3. The zero-order chi connectivity index (χ0) is 38.0. The zero-order valence-corrected chi connectivity index (χ0v) is 29.9. The van der Waals surface area contributed by atoms with Gasteiger partial charge >= 0.3 is 0 Å². The van der Waals surface area contributed by atoms with Crippen LogP contribution in [-0.4, -0.2) is 0 Å². The van der Waals surface area contributed by atoms with Crippen LogP contribution >= 0.6 is 0 Å². The Kier molecular flexibility index (Phi) is 6.77. The fourth-order valence-corrected chi connectivity index (χ4v) is 8.59. The summed E-state index contributed by atoms with van der Waals surface area (Å²) in [5.41, 5.74) is 13.1. The first-order valence-electron chi connectivity index (χ1n) is 19.7. The molecule has 55 heavy (non-hydrogen) atoms. The van der Waals surface area contributed by atoms with Crippen molar-refractivity contribution in [1.29, 1.82) is 0 Å². The summed E-state index contributed by atoms with van der Waals surface area (Å²) >= 11 is 0. The fourth-order valence-electron chi connectivity index (χ4n) is 8.59. The predicted octanol–water partition coefficient (Wildman–Crippen LogP) is 15.4. The van der Waals surface area contributed by atoms with Crippen molar-refractivity contribution in [2.75, 3.05) is 0 Å². The molecule has 0 aliphatic rings. The molecular weight excluding hydrogens is 665 g/mol. The summed E-state index contributed by atoms with van der Waals surface area (Å²) in [4.78, 5) is 0. The Morgan fingerprint density at radius 2 is 0.909 bits per heavy atom. The van der Waals surface area contributed by atoms with Crippen molar-refractivity contribution in [3.05, 3.63) is 206 Å². The van der Waals surface area contributed by atoms with Gasteiger partial charge in [0.15, 0.2) is 0 Å². The maximum atomic E-state index is 8.03. The lowest BCUT2D eigenvalue weighted by molar-refractivity contribution is 0.670. The number of para-hydroxylation sites is 1. The topological polar surface area (TPSA) is 13.1 Å². The van der Waals surface area contributed by atoms with Crippen LogP contribution in [0.4, 0.5) is 0 Å². The smallest absolute Gasteiger partial charge is 0.143 e. The highest BCUT2D eigenvalue weighted by Gasteiger charge is 2.20. The molecule has 0 unspecified atom stereocenters. The number of furan rings is 1. The molecule has 0 aliphatic carbocycles. The first kappa shape index (κ1) is 29.3. The van der Waals surface area contributed by atoms with Crippen LogP contribution in [0.25, 0.3) is 110 Å². The van der Waals surface area contributed by atoms with Crippen LogP contribution in [0.15, 0.2) is 211 Å². The number of fused-ring (bicyclic) bond motifs is 6. The summed E-state index contributed by atoms with van der Waals surface area (Å²) < 4.78 is 22.6. The molecule has 0 saturated carbocycles. The van der Waals surface area contributed by atoms with Gasteiger partial charge in [-0.2, -0.15) is 0 Å². The molecule has 1 heteroatoms. The molecule has 1 nitrogen and oxygen atoms in total. The van der Waals surface area contributed by atoms with Gasteiger partial charge in [0, 0.05) is 16.3 Å². The van der Waals surface area contributed by atoms with Gasteiger partial charge in [0.05, 0.1) is 2.74 Å². The van der Waals surface area contributed by atoms with E-state index in [9.17, 15) is 0 Å². The van der Waals surface area contributed by atoms with Gasteiger partial charge in [-0.25, -0.2) is 0 Å². The van der Waals surface area contributed by atoms with Crippen LogP contribution < -0.4 is 0 Å². The summed E-state index contributed by atoms with van der Waals surface area (Å²) in [5, 5.41) is 9.25. The van der Waals surface area contributed by atoms with Gasteiger partial charge in [-0.1, -0.05) is 182 Å². The Hall–Kier alpha value is -7.22. The second kappa shape index (κ2) is 12.7. The van der Waals surface area contributed by atoms with E-state index in [1.165, 1.54) is 38.2 Å². The van der Waals surface area contributed by atoms with E-state index < -0.39 is 0 Å². The van der Waals surface area contributed by atoms with Gasteiger partial charge < -0.3 is 4.42 Å². The molecule has 0 N–H and O–H groups in total. The molecule has 1 aromatic heterocycles. The zero-order valence-electron chi connectivity index (χ0n) is 31.9. The Bertz CT molecular complexity index is 3300. The molecule has 1 heterocycles. The van der Waals surface area contributed by atoms with Crippen molar-refractivity contribution in [3.63, 3.8) is 0 Å². The van der Waals surface area contributed by atoms with Crippen LogP contribution in [0.2, 0.25) is 0 Å². The maximum Gasteiger partial charge on any atom is 0.143 e. The Morgan fingerprint density at radius 1 is 0.327 bits per heavy atom. The fraction of sp³-hybridized carbons (Fsp3) is 0. The van der Waals surface area contributed by atoms with Gasteiger partial charge in [-0.3, -0.25) is 0 Å². The van der Waals surface area contributed by atoms with Crippen molar-refractivity contribution in [3.8, 4) is 55.6 Å². The lowest BCUT2D eigenvalue weighted by atomic mass is 9.85. The van der Waals surface area contributed by atoms with E-state index in [2.05, 4.69) is 140 Å². The quantitative estimate of drug-likeness (QED) is 0.163. The van der Waals surface area contributed by atoms with Crippen LogP contribution in [0.3, 0.4) is 0 Å². The van der Waals surface area contributed by atoms with E-state index in [4.69, 9.17) is 7.16 Å². The van der Waals surface area contributed by atoms with Crippen LogP contribution in [-0.2, 0) is 0 Å². The number of hydrogen-bond acceptors (Lipinski definition) is 1.